The Bertz CT molecular complexity index is 3250. The summed E-state index contributed by atoms with van der Waals surface area (Å²) in [6.07, 6.45) is 2.06. The second-order valence-electron chi connectivity index (χ2n) is 14.6. The molecule has 0 saturated heterocycles. The van der Waals surface area contributed by atoms with E-state index in [0.29, 0.717) is 0 Å². The molecule has 2 heterocycles. The van der Waals surface area contributed by atoms with E-state index in [2.05, 4.69) is 199 Å². The summed E-state index contributed by atoms with van der Waals surface area (Å²) in [6.45, 7) is 0. The number of hydrogen-bond donors (Lipinski definition) is 0. The van der Waals surface area contributed by atoms with E-state index in [9.17, 15) is 0 Å². The summed E-state index contributed by atoms with van der Waals surface area (Å²) in [5.74, 6) is 0. The Morgan fingerprint density at radius 3 is 1.60 bits per heavy atom. The minimum atomic E-state index is 1.000. The van der Waals surface area contributed by atoms with Crippen molar-refractivity contribution in [3.63, 3.8) is 0 Å². The predicted octanol–water partition coefficient (Wildman–Crippen LogP) is 14.3. The molecule has 0 fully saturated rings. The van der Waals surface area contributed by atoms with E-state index in [1.807, 2.05) is 0 Å². The Morgan fingerprint density at radius 2 is 0.909 bits per heavy atom. The summed E-state index contributed by atoms with van der Waals surface area (Å²) < 4.78 is 2.41. The van der Waals surface area contributed by atoms with E-state index in [4.69, 9.17) is 4.98 Å². The van der Waals surface area contributed by atoms with E-state index in [1.54, 1.807) is 0 Å². The van der Waals surface area contributed by atoms with Gasteiger partial charge in [0.05, 0.1) is 16.6 Å². The van der Waals surface area contributed by atoms with Crippen LogP contribution in [0.1, 0.15) is 0 Å². The molecule has 11 aromatic rings. The molecule has 0 amide bonds. The maximum Gasteiger partial charge on any atom is 0.0723 e. The van der Waals surface area contributed by atoms with Gasteiger partial charge in [-0.05, 0) is 108 Å². The molecule has 12 rings (SSSR count). The molecule has 1 aliphatic carbocycles. The minimum absolute atomic E-state index is 1.000. The number of benzene rings is 9. The zero-order valence-electron chi connectivity index (χ0n) is 29.9. The maximum atomic E-state index is 4.95. The zero-order valence-corrected chi connectivity index (χ0v) is 29.9. The van der Waals surface area contributed by atoms with E-state index < -0.39 is 0 Å². The molecule has 0 bridgehead atoms. The zero-order chi connectivity index (χ0) is 36.0. The maximum absolute atomic E-state index is 4.95. The fourth-order valence-corrected chi connectivity index (χ4v) is 9.51. The highest BCUT2D eigenvalue weighted by atomic mass is 15.0. The lowest BCUT2D eigenvalue weighted by Crippen LogP contribution is -1.94. The van der Waals surface area contributed by atoms with E-state index in [-0.39, 0.29) is 0 Å². The first-order valence-corrected chi connectivity index (χ1v) is 19.0. The molecular weight excluding hydrogens is 665 g/mol. The van der Waals surface area contributed by atoms with Crippen molar-refractivity contribution >= 4 is 54.3 Å². The van der Waals surface area contributed by atoms with Crippen molar-refractivity contribution in [3.05, 3.63) is 194 Å². The molecule has 2 heteroatoms. The average molecular weight is 697 g/mol. The molecule has 0 spiro atoms. The van der Waals surface area contributed by atoms with Gasteiger partial charge in [-0.2, -0.15) is 0 Å². The van der Waals surface area contributed by atoms with Gasteiger partial charge >= 0.3 is 0 Å². The van der Waals surface area contributed by atoms with Crippen LogP contribution in [-0.4, -0.2) is 9.55 Å². The number of pyridine rings is 1. The van der Waals surface area contributed by atoms with Crippen LogP contribution in [0.5, 0.6) is 0 Å². The topological polar surface area (TPSA) is 17.8 Å². The van der Waals surface area contributed by atoms with Crippen molar-refractivity contribution in [3.8, 4) is 61.3 Å². The van der Waals surface area contributed by atoms with Crippen LogP contribution in [0.2, 0.25) is 0 Å². The highest BCUT2D eigenvalue weighted by Gasteiger charge is 2.31. The molecule has 0 aliphatic heterocycles. The Balaban J connectivity index is 1.16. The van der Waals surface area contributed by atoms with Crippen LogP contribution in [0.25, 0.3) is 116 Å². The van der Waals surface area contributed by atoms with Crippen molar-refractivity contribution in [1.82, 2.24) is 9.55 Å². The van der Waals surface area contributed by atoms with Crippen molar-refractivity contribution in [2.45, 2.75) is 0 Å². The number of fused-ring (bicyclic) bond motifs is 9. The van der Waals surface area contributed by atoms with E-state index in [1.165, 1.54) is 93.6 Å². The van der Waals surface area contributed by atoms with Gasteiger partial charge in [-0.3, -0.25) is 4.98 Å². The third-order valence-electron chi connectivity index (χ3n) is 11.7. The average Bonchev–Trinajstić information content (AvgIpc) is 3.77. The van der Waals surface area contributed by atoms with Crippen molar-refractivity contribution < 1.29 is 0 Å². The van der Waals surface area contributed by atoms with Gasteiger partial charge in [0, 0.05) is 28.0 Å². The molecule has 0 atom stereocenters. The molecular formula is C53H32N2. The molecule has 254 valence electrons. The Kier molecular flexibility index (Phi) is 6.37. The number of hydrogen-bond acceptors (Lipinski definition) is 1. The third kappa shape index (κ3) is 4.28. The van der Waals surface area contributed by atoms with Gasteiger partial charge in [0.25, 0.3) is 0 Å². The van der Waals surface area contributed by atoms with E-state index >= 15 is 0 Å². The van der Waals surface area contributed by atoms with Crippen molar-refractivity contribution in [2.24, 2.45) is 0 Å². The standard InChI is InChI=1S/C53H32N2/c1-4-15-33(16-5-1)48-39-21-10-11-22-40(39)49(34-17-6-2-7-18-34)52-43-29-28-37(38-24-14-25-42(50(38)43)51(48)52)35-27-30-47-44(31-35)45-32-54-46-26-13-12-23-41(46)53(45)55(47)36-19-8-3-9-20-36/h1-32H. The normalized spacial score (nSPS) is 12.0. The number of nitrogens with zero attached hydrogens (tertiary/aromatic N) is 2. The highest BCUT2D eigenvalue weighted by Crippen LogP contribution is 2.58. The molecule has 55 heavy (non-hydrogen) atoms. The molecule has 0 radical (unpaired) electrons. The number of rotatable bonds is 4. The molecule has 0 saturated carbocycles. The predicted molar refractivity (Wildman–Crippen MR) is 232 cm³/mol. The SMILES string of the molecule is c1ccc(-c2c3c(c(-c4ccccc4)c4ccccc24)-c2ccc(-c4ccc5c(c4)c4cnc6ccccc6c4n5-c4ccccc4)c4cccc-3c24)cc1. The molecule has 0 N–H and O–H groups in total. The van der Waals surface area contributed by atoms with Crippen LogP contribution in [0.15, 0.2) is 194 Å². The molecule has 1 aliphatic rings. The van der Waals surface area contributed by atoms with Gasteiger partial charge in [-0.25, -0.2) is 0 Å². The smallest absolute Gasteiger partial charge is 0.0723 e. The van der Waals surface area contributed by atoms with Gasteiger partial charge in [-0.15, -0.1) is 0 Å². The first-order chi connectivity index (χ1) is 27.3. The summed E-state index contributed by atoms with van der Waals surface area (Å²) in [5.41, 5.74) is 17.2. The van der Waals surface area contributed by atoms with Crippen molar-refractivity contribution in [2.75, 3.05) is 0 Å². The summed E-state index contributed by atoms with van der Waals surface area (Å²) >= 11 is 0. The van der Waals surface area contributed by atoms with Crippen LogP contribution in [0, 0.1) is 0 Å². The quantitative estimate of drug-likeness (QED) is 0.179. The lowest BCUT2D eigenvalue weighted by atomic mass is 9.82. The van der Waals surface area contributed by atoms with Crippen LogP contribution >= 0.6 is 0 Å². The van der Waals surface area contributed by atoms with Crippen LogP contribution in [-0.2, 0) is 0 Å². The van der Waals surface area contributed by atoms with Gasteiger partial charge in [-0.1, -0.05) is 158 Å². The minimum Gasteiger partial charge on any atom is -0.309 e. The monoisotopic (exact) mass is 696 g/mol. The number of para-hydroxylation sites is 2. The van der Waals surface area contributed by atoms with Gasteiger partial charge in [0.2, 0.25) is 0 Å². The molecule has 2 nitrogen and oxygen atoms in total. The van der Waals surface area contributed by atoms with Crippen molar-refractivity contribution in [1.29, 1.82) is 0 Å². The Labute approximate surface area is 318 Å². The van der Waals surface area contributed by atoms with Gasteiger partial charge in [0.1, 0.15) is 0 Å². The molecule has 0 unspecified atom stereocenters. The first kappa shape index (κ1) is 30.2. The number of aromatic nitrogens is 2. The Hall–Kier alpha value is -7.29. The third-order valence-corrected chi connectivity index (χ3v) is 11.7. The largest absolute Gasteiger partial charge is 0.309 e. The summed E-state index contributed by atoms with van der Waals surface area (Å²) in [4.78, 5) is 4.95. The lowest BCUT2D eigenvalue weighted by molar-refractivity contribution is 1.18. The van der Waals surface area contributed by atoms with Gasteiger partial charge in [0.15, 0.2) is 0 Å². The summed E-state index contributed by atoms with van der Waals surface area (Å²) in [7, 11) is 0. The second-order valence-corrected chi connectivity index (χ2v) is 14.6. The molecule has 9 aromatic carbocycles. The van der Waals surface area contributed by atoms with Crippen LogP contribution in [0.3, 0.4) is 0 Å². The second kappa shape index (κ2) is 11.6. The fourth-order valence-electron chi connectivity index (χ4n) is 9.51. The highest BCUT2D eigenvalue weighted by molar-refractivity contribution is 6.29. The lowest BCUT2D eigenvalue weighted by Gasteiger charge is -2.20. The van der Waals surface area contributed by atoms with E-state index in [0.717, 1.165) is 22.0 Å². The van der Waals surface area contributed by atoms with Crippen LogP contribution in [0.4, 0.5) is 0 Å². The summed E-state index contributed by atoms with van der Waals surface area (Å²) in [6, 6.07) is 68.7. The summed E-state index contributed by atoms with van der Waals surface area (Å²) in [5, 5.41) is 8.65. The fraction of sp³-hybridized carbons (Fsp3) is 0. The van der Waals surface area contributed by atoms with Crippen LogP contribution < -0.4 is 0 Å². The van der Waals surface area contributed by atoms with Gasteiger partial charge < -0.3 is 4.57 Å². The first-order valence-electron chi connectivity index (χ1n) is 19.0. The molecule has 2 aromatic heterocycles. The Morgan fingerprint density at radius 1 is 0.345 bits per heavy atom.